The van der Waals surface area contributed by atoms with Crippen molar-refractivity contribution in [2.24, 2.45) is 7.05 Å². The Morgan fingerprint density at radius 1 is 1.38 bits per heavy atom. The molecule has 2 saturated heterocycles. The summed E-state index contributed by atoms with van der Waals surface area (Å²) in [6, 6.07) is 2.18. The van der Waals surface area contributed by atoms with Gasteiger partial charge in [-0.1, -0.05) is 0 Å². The first-order valence-corrected chi connectivity index (χ1v) is 8.47. The van der Waals surface area contributed by atoms with E-state index >= 15 is 0 Å². The van der Waals surface area contributed by atoms with Crippen LogP contribution in [0.4, 0.5) is 5.95 Å². The van der Waals surface area contributed by atoms with E-state index in [9.17, 15) is 0 Å². The van der Waals surface area contributed by atoms with Gasteiger partial charge in [0.05, 0.1) is 30.3 Å². The molecule has 2 atom stereocenters. The highest BCUT2D eigenvalue weighted by atomic mass is 16.5. The first kappa shape index (κ1) is 15.5. The summed E-state index contributed by atoms with van der Waals surface area (Å²) in [7, 11) is 4.11. The van der Waals surface area contributed by atoms with Crippen LogP contribution in [0.5, 0.6) is 0 Å². The number of hydrogen-bond acceptors (Lipinski definition) is 6. The van der Waals surface area contributed by atoms with Crippen LogP contribution in [0.3, 0.4) is 0 Å². The van der Waals surface area contributed by atoms with Crippen LogP contribution in [-0.4, -0.2) is 62.8 Å². The zero-order chi connectivity index (χ0) is 16.6. The molecule has 4 heterocycles. The third-order valence-corrected chi connectivity index (χ3v) is 5.30. The van der Waals surface area contributed by atoms with Gasteiger partial charge in [0.2, 0.25) is 5.95 Å². The summed E-state index contributed by atoms with van der Waals surface area (Å²) in [6.07, 6.45) is 9.50. The molecule has 0 saturated carbocycles. The number of likely N-dealkylation sites (tertiary alicyclic amines) is 1. The molecule has 0 amide bonds. The minimum Gasteiger partial charge on any atom is -0.371 e. The first-order chi connectivity index (χ1) is 11.7. The smallest absolute Gasteiger partial charge is 0.225 e. The van der Waals surface area contributed by atoms with E-state index in [4.69, 9.17) is 4.74 Å². The number of anilines is 1. The number of likely N-dealkylation sites (N-methyl/N-ethyl adjacent to an activating group) is 1. The quantitative estimate of drug-likeness (QED) is 0.837. The van der Waals surface area contributed by atoms with E-state index in [1.165, 1.54) is 5.69 Å². The monoisotopic (exact) mass is 328 g/mol. The fraction of sp³-hybridized carbons (Fsp3) is 0.588. The molecular weight excluding hydrogens is 304 g/mol. The van der Waals surface area contributed by atoms with Crippen LogP contribution >= 0.6 is 0 Å². The van der Waals surface area contributed by atoms with Crippen LogP contribution in [0.2, 0.25) is 0 Å². The van der Waals surface area contributed by atoms with Crippen molar-refractivity contribution in [2.75, 3.05) is 31.6 Å². The number of ether oxygens (including phenoxy) is 1. The van der Waals surface area contributed by atoms with Crippen molar-refractivity contribution in [3.05, 3.63) is 36.7 Å². The van der Waals surface area contributed by atoms with E-state index in [1.54, 1.807) is 12.4 Å². The second kappa shape index (κ2) is 6.14. The van der Waals surface area contributed by atoms with E-state index in [1.807, 2.05) is 25.6 Å². The summed E-state index contributed by atoms with van der Waals surface area (Å²) in [4.78, 5) is 17.5. The van der Waals surface area contributed by atoms with Crippen molar-refractivity contribution < 1.29 is 4.74 Å². The molecule has 0 unspecified atom stereocenters. The second-order valence-corrected chi connectivity index (χ2v) is 6.97. The van der Waals surface area contributed by atoms with Crippen molar-refractivity contribution >= 4 is 5.95 Å². The topological polar surface area (TPSA) is 59.3 Å². The molecule has 2 aromatic rings. The lowest BCUT2D eigenvalue weighted by Gasteiger charge is -2.26. The molecular formula is C17H24N6O. The predicted octanol–water partition coefficient (Wildman–Crippen LogP) is 1.08. The highest BCUT2D eigenvalue weighted by Gasteiger charge is 2.46. The van der Waals surface area contributed by atoms with Gasteiger partial charge in [0.15, 0.2) is 0 Å². The average Bonchev–Trinajstić information content (AvgIpc) is 3.31. The summed E-state index contributed by atoms with van der Waals surface area (Å²) in [6.45, 7) is 3.74. The third kappa shape index (κ3) is 2.89. The molecule has 0 bridgehead atoms. The molecule has 1 spiro atoms. The SMILES string of the molecule is CN(c1ncccn1)[C@H]1CO[C@]2(CCN(Cc3cncn3C)C2)C1. The van der Waals surface area contributed by atoms with Crippen LogP contribution in [0.1, 0.15) is 18.5 Å². The van der Waals surface area contributed by atoms with Gasteiger partial charge in [-0.25, -0.2) is 15.0 Å². The van der Waals surface area contributed by atoms with Crippen LogP contribution in [0.25, 0.3) is 0 Å². The predicted molar refractivity (Wildman–Crippen MR) is 90.6 cm³/mol. The lowest BCUT2D eigenvalue weighted by Crippen LogP contribution is -2.36. The average molecular weight is 328 g/mol. The third-order valence-electron chi connectivity index (χ3n) is 5.30. The summed E-state index contributed by atoms with van der Waals surface area (Å²) in [5.74, 6) is 0.771. The number of nitrogens with zero attached hydrogens (tertiary/aromatic N) is 6. The highest BCUT2D eigenvalue weighted by Crippen LogP contribution is 2.37. The molecule has 2 aliphatic rings. The Labute approximate surface area is 142 Å². The second-order valence-electron chi connectivity index (χ2n) is 6.97. The zero-order valence-electron chi connectivity index (χ0n) is 14.3. The van der Waals surface area contributed by atoms with Crippen LogP contribution in [0.15, 0.2) is 31.0 Å². The van der Waals surface area contributed by atoms with E-state index in [2.05, 4.69) is 36.4 Å². The van der Waals surface area contributed by atoms with Gasteiger partial charge in [0, 0.05) is 58.7 Å². The summed E-state index contributed by atoms with van der Waals surface area (Å²) in [5.41, 5.74) is 1.23. The van der Waals surface area contributed by atoms with Crippen molar-refractivity contribution in [3.8, 4) is 0 Å². The maximum absolute atomic E-state index is 6.28. The van der Waals surface area contributed by atoms with E-state index < -0.39 is 0 Å². The van der Waals surface area contributed by atoms with E-state index in [0.717, 1.165) is 45.0 Å². The Kier molecular flexibility index (Phi) is 3.97. The van der Waals surface area contributed by atoms with Crippen molar-refractivity contribution in [1.29, 1.82) is 0 Å². The van der Waals surface area contributed by atoms with Crippen LogP contribution in [0, 0.1) is 0 Å². The van der Waals surface area contributed by atoms with Crippen LogP contribution < -0.4 is 4.90 Å². The molecule has 7 nitrogen and oxygen atoms in total. The molecule has 2 aliphatic heterocycles. The summed E-state index contributed by atoms with van der Waals surface area (Å²) < 4.78 is 8.36. The number of rotatable bonds is 4. The minimum atomic E-state index is -0.0215. The Bertz CT molecular complexity index is 689. The zero-order valence-corrected chi connectivity index (χ0v) is 14.3. The lowest BCUT2D eigenvalue weighted by atomic mass is 9.97. The van der Waals surface area contributed by atoms with Crippen molar-refractivity contribution in [3.63, 3.8) is 0 Å². The molecule has 0 aliphatic carbocycles. The molecule has 2 fully saturated rings. The van der Waals surface area contributed by atoms with Gasteiger partial charge in [0.1, 0.15) is 0 Å². The summed E-state index contributed by atoms with van der Waals surface area (Å²) >= 11 is 0. The van der Waals surface area contributed by atoms with Gasteiger partial charge in [-0.05, 0) is 12.5 Å². The molecule has 4 rings (SSSR count). The Morgan fingerprint density at radius 3 is 2.96 bits per heavy atom. The Morgan fingerprint density at radius 2 is 2.21 bits per heavy atom. The van der Waals surface area contributed by atoms with Gasteiger partial charge in [-0.15, -0.1) is 0 Å². The summed E-state index contributed by atoms with van der Waals surface area (Å²) in [5, 5.41) is 0. The van der Waals surface area contributed by atoms with Gasteiger partial charge >= 0.3 is 0 Å². The van der Waals surface area contributed by atoms with Crippen molar-refractivity contribution in [1.82, 2.24) is 24.4 Å². The van der Waals surface area contributed by atoms with E-state index in [0.29, 0.717) is 6.04 Å². The molecule has 0 radical (unpaired) electrons. The van der Waals surface area contributed by atoms with Gasteiger partial charge in [-0.2, -0.15) is 0 Å². The number of aryl methyl sites for hydroxylation is 1. The minimum absolute atomic E-state index is 0.0215. The van der Waals surface area contributed by atoms with Gasteiger partial charge in [-0.3, -0.25) is 4.90 Å². The van der Waals surface area contributed by atoms with Gasteiger partial charge in [0.25, 0.3) is 0 Å². The van der Waals surface area contributed by atoms with Crippen molar-refractivity contribution in [2.45, 2.75) is 31.0 Å². The number of imidazole rings is 1. The molecule has 24 heavy (non-hydrogen) atoms. The highest BCUT2D eigenvalue weighted by molar-refractivity contribution is 5.30. The normalized spacial score (nSPS) is 27.2. The standard InChI is InChI=1S/C17H24N6O/c1-21-13-18-9-15(21)10-23-7-4-17(12-23)8-14(11-24-17)22(2)16-19-5-3-6-20-16/h3,5-6,9,13-14H,4,7-8,10-12H2,1-2H3/t14-,17-/m1/s1. The number of aromatic nitrogens is 4. The fourth-order valence-electron chi connectivity index (χ4n) is 3.82. The largest absolute Gasteiger partial charge is 0.371 e. The number of hydrogen-bond donors (Lipinski definition) is 0. The van der Waals surface area contributed by atoms with Crippen LogP contribution in [-0.2, 0) is 18.3 Å². The molecule has 2 aromatic heterocycles. The maximum Gasteiger partial charge on any atom is 0.225 e. The van der Waals surface area contributed by atoms with E-state index in [-0.39, 0.29) is 5.60 Å². The molecule has 128 valence electrons. The Balaban J connectivity index is 1.39. The molecule has 0 N–H and O–H groups in total. The molecule has 7 heteroatoms. The Hall–Kier alpha value is -1.99. The maximum atomic E-state index is 6.28. The molecule has 0 aromatic carbocycles. The lowest BCUT2D eigenvalue weighted by molar-refractivity contribution is 0.0117. The van der Waals surface area contributed by atoms with Gasteiger partial charge < -0.3 is 14.2 Å². The first-order valence-electron chi connectivity index (χ1n) is 8.47. The fourth-order valence-corrected chi connectivity index (χ4v) is 3.82.